The number of nitrogen functional groups attached to an aromatic ring is 1. The Morgan fingerprint density at radius 1 is 1.29 bits per heavy atom. The predicted molar refractivity (Wildman–Crippen MR) is 68.6 cm³/mol. The van der Waals surface area contributed by atoms with Crippen LogP contribution in [0.15, 0.2) is 30.3 Å². The minimum atomic E-state index is 0.614. The van der Waals surface area contributed by atoms with Crippen LogP contribution in [0.3, 0.4) is 0 Å². The molecule has 0 saturated heterocycles. The molecule has 17 heavy (non-hydrogen) atoms. The van der Waals surface area contributed by atoms with Crippen molar-refractivity contribution in [2.75, 3.05) is 5.73 Å². The molecule has 0 bridgehead atoms. The van der Waals surface area contributed by atoms with Crippen molar-refractivity contribution < 1.29 is 0 Å². The zero-order chi connectivity index (χ0) is 12.4. The molecule has 0 aliphatic rings. The summed E-state index contributed by atoms with van der Waals surface area (Å²) in [6.45, 7) is 4.70. The van der Waals surface area contributed by atoms with Gasteiger partial charge in [0.25, 0.3) is 0 Å². The van der Waals surface area contributed by atoms with E-state index >= 15 is 0 Å². The minimum absolute atomic E-state index is 0.614. The highest BCUT2D eigenvalue weighted by atomic mass is 15.0. The number of nitrogens with zero attached hydrogens (tertiary/aromatic N) is 2. The van der Waals surface area contributed by atoms with Crippen LogP contribution in [0.2, 0.25) is 0 Å². The van der Waals surface area contributed by atoms with E-state index in [1.807, 2.05) is 23.6 Å². The molecule has 0 saturated carbocycles. The molecule has 0 aliphatic heterocycles. The number of hydrogen-bond acceptors (Lipinski definition) is 2. The molecular weight excluding hydrogens is 210 g/mol. The number of nitriles is 1. The zero-order valence-corrected chi connectivity index (χ0v) is 10.1. The molecule has 1 heterocycles. The molecule has 0 atom stereocenters. The first-order chi connectivity index (χ1) is 8.13. The SMILES string of the molecule is Cc1ccccc1Cn1c(C#N)cc(N)c1C. The molecule has 2 N–H and O–H groups in total. The Kier molecular flexibility index (Phi) is 2.88. The minimum Gasteiger partial charge on any atom is -0.397 e. The van der Waals surface area contributed by atoms with E-state index in [1.165, 1.54) is 11.1 Å². The lowest BCUT2D eigenvalue weighted by Gasteiger charge is -2.10. The number of aromatic nitrogens is 1. The van der Waals surface area contributed by atoms with E-state index in [4.69, 9.17) is 11.0 Å². The van der Waals surface area contributed by atoms with Crippen molar-refractivity contribution in [1.29, 1.82) is 5.26 Å². The summed E-state index contributed by atoms with van der Waals surface area (Å²) in [7, 11) is 0. The maximum Gasteiger partial charge on any atom is 0.122 e. The summed E-state index contributed by atoms with van der Waals surface area (Å²) in [6.07, 6.45) is 0. The normalized spacial score (nSPS) is 10.2. The first-order valence-electron chi connectivity index (χ1n) is 5.53. The van der Waals surface area contributed by atoms with Gasteiger partial charge < -0.3 is 10.3 Å². The van der Waals surface area contributed by atoms with Crippen LogP contribution in [0.5, 0.6) is 0 Å². The van der Waals surface area contributed by atoms with Gasteiger partial charge in [-0.3, -0.25) is 0 Å². The van der Waals surface area contributed by atoms with Gasteiger partial charge in [0, 0.05) is 12.2 Å². The van der Waals surface area contributed by atoms with E-state index in [0.717, 1.165) is 5.69 Å². The van der Waals surface area contributed by atoms with Crippen LogP contribution < -0.4 is 5.73 Å². The molecular formula is C14H15N3. The molecule has 0 unspecified atom stereocenters. The molecule has 0 spiro atoms. The summed E-state index contributed by atoms with van der Waals surface area (Å²) < 4.78 is 1.96. The Hall–Kier alpha value is -2.21. The highest BCUT2D eigenvalue weighted by molar-refractivity contribution is 5.50. The van der Waals surface area contributed by atoms with Gasteiger partial charge in [0.05, 0.1) is 5.69 Å². The van der Waals surface area contributed by atoms with E-state index in [0.29, 0.717) is 17.9 Å². The van der Waals surface area contributed by atoms with Crippen LogP contribution in [0.25, 0.3) is 0 Å². The Labute approximate surface area is 101 Å². The topological polar surface area (TPSA) is 54.7 Å². The highest BCUT2D eigenvalue weighted by Crippen LogP contribution is 2.19. The lowest BCUT2D eigenvalue weighted by molar-refractivity contribution is 0.762. The average Bonchev–Trinajstić information content (AvgIpc) is 2.59. The van der Waals surface area contributed by atoms with Crippen LogP contribution in [0.4, 0.5) is 5.69 Å². The van der Waals surface area contributed by atoms with Gasteiger partial charge in [-0.15, -0.1) is 0 Å². The average molecular weight is 225 g/mol. The molecule has 3 nitrogen and oxygen atoms in total. The van der Waals surface area contributed by atoms with Crippen LogP contribution in [0.1, 0.15) is 22.5 Å². The van der Waals surface area contributed by atoms with Crippen molar-refractivity contribution in [2.24, 2.45) is 0 Å². The van der Waals surface area contributed by atoms with Gasteiger partial charge in [-0.2, -0.15) is 5.26 Å². The number of aryl methyl sites for hydroxylation is 1. The summed E-state index contributed by atoms with van der Waals surface area (Å²) in [6, 6.07) is 12.1. The van der Waals surface area contributed by atoms with Crippen molar-refractivity contribution in [3.63, 3.8) is 0 Å². The summed E-state index contributed by atoms with van der Waals surface area (Å²) >= 11 is 0. The van der Waals surface area contributed by atoms with Crippen LogP contribution >= 0.6 is 0 Å². The Morgan fingerprint density at radius 2 is 2.00 bits per heavy atom. The van der Waals surface area contributed by atoms with Crippen LogP contribution in [0, 0.1) is 25.2 Å². The van der Waals surface area contributed by atoms with Gasteiger partial charge in [0.15, 0.2) is 0 Å². The van der Waals surface area contributed by atoms with Crippen molar-refractivity contribution in [3.8, 4) is 6.07 Å². The summed E-state index contributed by atoms with van der Waals surface area (Å²) in [4.78, 5) is 0. The number of hydrogen-bond donors (Lipinski definition) is 1. The monoisotopic (exact) mass is 225 g/mol. The quantitative estimate of drug-likeness (QED) is 0.854. The summed E-state index contributed by atoms with van der Waals surface area (Å²) in [5, 5.41) is 9.08. The molecule has 0 radical (unpaired) electrons. The van der Waals surface area contributed by atoms with Gasteiger partial charge in [-0.25, -0.2) is 0 Å². The fourth-order valence-electron chi connectivity index (χ4n) is 1.92. The molecule has 2 rings (SSSR count). The van der Waals surface area contributed by atoms with Crippen molar-refractivity contribution in [2.45, 2.75) is 20.4 Å². The van der Waals surface area contributed by atoms with Gasteiger partial charge in [-0.05, 0) is 31.0 Å². The third-order valence-corrected chi connectivity index (χ3v) is 3.11. The molecule has 0 fully saturated rings. The van der Waals surface area contributed by atoms with E-state index in [2.05, 4.69) is 25.1 Å². The van der Waals surface area contributed by atoms with Crippen LogP contribution in [-0.4, -0.2) is 4.57 Å². The number of nitrogens with two attached hydrogens (primary N) is 1. The molecule has 0 aliphatic carbocycles. The molecule has 1 aromatic carbocycles. The summed E-state index contributed by atoms with van der Waals surface area (Å²) in [5.74, 6) is 0. The third-order valence-electron chi connectivity index (χ3n) is 3.11. The molecule has 2 aromatic rings. The second-order valence-electron chi connectivity index (χ2n) is 4.19. The predicted octanol–water partition coefficient (Wildman–Crippen LogP) is 2.61. The number of anilines is 1. The zero-order valence-electron chi connectivity index (χ0n) is 10.1. The van der Waals surface area contributed by atoms with Gasteiger partial charge >= 0.3 is 0 Å². The smallest absolute Gasteiger partial charge is 0.122 e. The maximum absolute atomic E-state index is 9.08. The first-order valence-corrected chi connectivity index (χ1v) is 5.53. The van der Waals surface area contributed by atoms with Crippen molar-refractivity contribution in [3.05, 3.63) is 52.8 Å². The fourth-order valence-corrected chi connectivity index (χ4v) is 1.92. The lowest BCUT2D eigenvalue weighted by Crippen LogP contribution is -2.06. The number of rotatable bonds is 2. The van der Waals surface area contributed by atoms with E-state index in [9.17, 15) is 0 Å². The second-order valence-corrected chi connectivity index (χ2v) is 4.19. The first kappa shape index (κ1) is 11.3. The standard InChI is InChI=1S/C14H15N3/c1-10-5-3-4-6-12(10)9-17-11(2)14(16)7-13(17)8-15/h3-7H,9,16H2,1-2H3. The molecule has 86 valence electrons. The van der Waals surface area contributed by atoms with Gasteiger partial charge in [0.1, 0.15) is 11.8 Å². The Bertz CT molecular complexity index is 588. The van der Waals surface area contributed by atoms with Gasteiger partial charge in [0.2, 0.25) is 0 Å². The Balaban J connectivity index is 2.44. The van der Waals surface area contributed by atoms with E-state index in [-0.39, 0.29) is 0 Å². The number of benzene rings is 1. The fraction of sp³-hybridized carbons (Fsp3) is 0.214. The van der Waals surface area contributed by atoms with E-state index < -0.39 is 0 Å². The molecule has 3 heteroatoms. The molecule has 1 aromatic heterocycles. The third kappa shape index (κ3) is 2.02. The van der Waals surface area contributed by atoms with Crippen molar-refractivity contribution in [1.82, 2.24) is 4.57 Å². The van der Waals surface area contributed by atoms with Gasteiger partial charge in [-0.1, -0.05) is 24.3 Å². The second kappa shape index (κ2) is 4.34. The summed E-state index contributed by atoms with van der Waals surface area (Å²) in [5.41, 5.74) is 10.5. The lowest BCUT2D eigenvalue weighted by atomic mass is 10.1. The molecule has 0 amide bonds. The van der Waals surface area contributed by atoms with Crippen molar-refractivity contribution >= 4 is 5.69 Å². The largest absolute Gasteiger partial charge is 0.397 e. The Morgan fingerprint density at radius 3 is 2.65 bits per heavy atom. The maximum atomic E-state index is 9.08. The van der Waals surface area contributed by atoms with E-state index in [1.54, 1.807) is 6.07 Å². The van der Waals surface area contributed by atoms with Crippen LogP contribution in [-0.2, 0) is 6.54 Å². The highest BCUT2D eigenvalue weighted by Gasteiger charge is 2.10.